The molecule has 1 amide bonds. The van der Waals surface area contributed by atoms with Gasteiger partial charge in [0.1, 0.15) is 5.75 Å². The number of ether oxygens (including phenoxy) is 1. The number of nitrogens with zero attached hydrogens (tertiary/aromatic N) is 2. The quantitative estimate of drug-likeness (QED) is 0.736. The van der Waals surface area contributed by atoms with Crippen molar-refractivity contribution in [3.8, 4) is 5.75 Å². The first-order valence-electron chi connectivity index (χ1n) is 8.17. The van der Waals surface area contributed by atoms with Gasteiger partial charge in [-0.15, -0.1) is 0 Å². The number of halogens is 1. The molecule has 1 aromatic heterocycles. The Hall–Kier alpha value is -1.86. The number of benzene rings is 1. The number of hydrogen-bond acceptors (Lipinski definition) is 4. The van der Waals surface area contributed by atoms with Crippen LogP contribution >= 0.6 is 15.9 Å². The first-order valence-corrected chi connectivity index (χ1v) is 8.96. The van der Waals surface area contributed by atoms with Crippen LogP contribution in [0.15, 0.2) is 28.7 Å². The molecule has 1 heterocycles. The molecule has 0 aliphatic heterocycles. The van der Waals surface area contributed by atoms with Crippen LogP contribution in [0.4, 0.5) is 0 Å². The molecule has 0 fully saturated rings. The first-order chi connectivity index (χ1) is 11.8. The van der Waals surface area contributed by atoms with Crippen LogP contribution < -0.4 is 10.1 Å². The normalized spacial score (nSPS) is 12.5. The second kappa shape index (κ2) is 8.49. The maximum absolute atomic E-state index is 12.5. The molecule has 1 unspecified atom stereocenters. The zero-order chi connectivity index (χ0) is 18.6. The third kappa shape index (κ3) is 4.61. The number of carbonyl (C=O) groups is 1. The Bertz CT molecular complexity index is 728. The van der Waals surface area contributed by atoms with E-state index in [0.29, 0.717) is 12.2 Å². The summed E-state index contributed by atoms with van der Waals surface area (Å²) in [6.45, 7) is 4.56. The summed E-state index contributed by atoms with van der Waals surface area (Å²) in [7, 11) is 5.61. The molecule has 6 nitrogen and oxygen atoms in total. The molecule has 0 spiro atoms. The largest absolute Gasteiger partial charge is 0.497 e. The lowest BCUT2D eigenvalue weighted by atomic mass is 10.1. The van der Waals surface area contributed by atoms with Gasteiger partial charge in [-0.1, -0.05) is 26.0 Å². The third-order valence-corrected chi connectivity index (χ3v) is 4.89. The van der Waals surface area contributed by atoms with Gasteiger partial charge < -0.3 is 15.0 Å². The summed E-state index contributed by atoms with van der Waals surface area (Å²) in [5.74, 6) is 0.854. The van der Waals surface area contributed by atoms with Crippen LogP contribution in [0, 0.1) is 0 Å². The fourth-order valence-corrected chi connectivity index (χ4v) is 3.41. The van der Waals surface area contributed by atoms with Gasteiger partial charge in [-0.3, -0.25) is 9.89 Å². The summed E-state index contributed by atoms with van der Waals surface area (Å²) < 4.78 is 6.02. The second-order valence-electron chi connectivity index (χ2n) is 6.42. The molecule has 2 aromatic rings. The van der Waals surface area contributed by atoms with Crippen molar-refractivity contribution in [2.24, 2.45) is 0 Å². The fraction of sp³-hybridized carbons (Fsp3) is 0.444. The van der Waals surface area contributed by atoms with Gasteiger partial charge in [0.15, 0.2) is 5.69 Å². The van der Waals surface area contributed by atoms with Gasteiger partial charge in [0.25, 0.3) is 5.91 Å². The van der Waals surface area contributed by atoms with Crippen molar-refractivity contribution in [3.63, 3.8) is 0 Å². The number of carbonyl (C=O) groups excluding carboxylic acids is 1. The summed E-state index contributed by atoms with van der Waals surface area (Å²) in [5.41, 5.74) is 2.38. The summed E-state index contributed by atoms with van der Waals surface area (Å²) >= 11 is 3.47. The molecule has 7 heteroatoms. The van der Waals surface area contributed by atoms with Gasteiger partial charge in [-0.2, -0.15) is 5.10 Å². The number of aromatic nitrogens is 2. The second-order valence-corrected chi connectivity index (χ2v) is 7.21. The van der Waals surface area contributed by atoms with E-state index in [4.69, 9.17) is 4.74 Å². The van der Waals surface area contributed by atoms with E-state index in [0.717, 1.165) is 21.5 Å². The first kappa shape index (κ1) is 19.5. The smallest absolute Gasteiger partial charge is 0.273 e. The van der Waals surface area contributed by atoms with Crippen LogP contribution in [0.3, 0.4) is 0 Å². The number of methoxy groups -OCH3 is 1. The number of rotatable bonds is 7. The van der Waals surface area contributed by atoms with Crippen LogP contribution in [-0.2, 0) is 0 Å². The van der Waals surface area contributed by atoms with E-state index >= 15 is 0 Å². The number of amides is 1. The molecule has 0 aliphatic carbocycles. The van der Waals surface area contributed by atoms with E-state index in [2.05, 4.69) is 36.3 Å². The Balaban J connectivity index is 2.12. The van der Waals surface area contributed by atoms with Crippen molar-refractivity contribution in [2.75, 3.05) is 27.7 Å². The number of nitrogens with one attached hydrogen (secondary N) is 2. The molecule has 1 atom stereocenters. The highest BCUT2D eigenvalue weighted by Gasteiger charge is 2.21. The van der Waals surface area contributed by atoms with Gasteiger partial charge in [0.05, 0.1) is 23.3 Å². The number of likely N-dealkylation sites (N-methyl/N-ethyl adjacent to an activating group) is 1. The number of H-pyrrole nitrogens is 1. The molecule has 25 heavy (non-hydrogen) atoms. The van der Waals surface area contributed by atoms with Gasteiger partial charge in [-0.25, -0.2) is 0 Å². The number of hydrogen-bond donors (Lipinski definition) is 2. The zero-order valence-corrected chi connectivity index (χ0v) is 16.8. The van der Waals surface area contributed by atoms with E-state index in [1.54, 1.807) is 7.11 Å². The van der Waals surface area contributed by atoms with Gasteiger partial charge in [0, 0.05) is 6.54 Å². The van der Waals surface area contributed by atoms with E-state index in [1.165, 1.54) is 0 Å². The highest BCUT2D eigenvalue weighted by Crippen LogP contribution is 2.26. The van der Waals surface area contributed by atoms with Gasteiger partial charge in [0.2, 0.25) is 0 Å². The maximum atomic E-state index is 12.5. The standard InChI is InChI=1S/C18H25BrN4O2/c1-11(2)16-15(19)17(22-21-16)18(24)20-10-14(23(3)4)12-7-6-8-13(9-12)25-5/h6-9,11,14H,10H2,1-5H3,(H,20,24)(H,21,22). The molecule has 136 valence electrons. The van der Waals surface area contributed by atoms with E-state index < -0.39 is 0 Å². The molecular weight excluding hydrogens is 384 g/mol. The lowest BCUT2D eigenvalue weighted by molar-refractivity contribution is 0.0936. The number of aromatic amines is 1. The van der Waals surface area contributed by atoms with Crippen LogP contribution in [-0.4, -0.2) is 48.8 Å². The highest BCUT2D eigenvalue weighted by atomic mass is 79.9. The lowest BCUT2D eigenvalue weighted by Gasteiger charge is -2.25. The van der Waals surface area contributed by atoms with Crippen molar-refractivity contribution in [3.05, 3.63) is 45.7 Å². The summed E-state index contributed by atoms with van der Waals surface area (Å²) in [5, 5.41) is 10.0. The van der Waals surface area contributed by atoms with Crippen molar-refractivity contribution >= 4 is 21.8 Å². The maximum Gasteiger partial charge on any atom is 0.273 e. The molecule has 2 rings (SSSR count). The summed E-state index contributed by atoms with van der Waals surface area (Å²) in [4.78, 5) is 14.6. The average molecular weight is 409 g/mol. The van der Waals surface area contributed by atoms with E-state index in [9.17, 15) is 4.79 Å². The van der Waals surface area contributed by atoms with Crippen LogP contribution in [0.25, 0.3) is 0 Å². The minimum absolute atomic E-state index is 0.0290. The molecule has 0 bridgehead atoms. The third-order valence-electron chi connectivity index (χ3n) is 4.08. The molecule has 0 radical (unpaired) electrons. The highest BCUT2D eigenvalue weighted by molar-refractivity contribution is 9.10. The topological polar surface area (TPSA) is 70.2 Å². The van der Waals surface area contributed by atoms with E-state index in [-0.39, 0.29) is 17.9 Å². The van der Waals surface area contributed by atoms with Crippen LogP contribution in [0.2, 0.25) is 0 Å². The van der Waals surface area contributed by atoms with E-state index in [1.807, 2.05) is 52.2 Å². The van der Waals surface area contributed by atoms with Crippen LogP contribution in [0.1, 0.15) is 47.6 Å². The molecule has 2 N–H and O–H groups in total. The molecule has 0 saturated heterocycles. The van der Waals surface area contributed by atoms with Gasteiger partial charge in [-0.05, 0) is 53.6 Å². The zero-order valence-electron chi connectivity index (χ0n) is 15.3. The monoisotopic (exact) mass is 408 g/mol. The summed E-state index contributed by atoms with van der Waals surface area (Å²) in [6.07, 6.45) is 0. The Labute approximate surface area is 157 Å². The Morgan fingerprint density at radius 2 is 2.12 bits per heavy atom. The molecular formula is C18H25BrN4O2. The predicted molar refractivity (Wildman–Crippen MR) is 102 cm³/mol. The van der Waals surface area contributed by atoms with Gasteiger partial charge >= 0.3 is 0 Å². The SMILES string of the molecule is COc1cccc(C(CNC(=O)c2n[nH]c(C(C)C)c2Br)N(C)C)c1. The lowest BCUT2D eigenvalue weighted by Crippen LogP contribution is -2.34. The Kier molecular flexibility index (Phi) is 6.61. The predicted octanol–water partition coefficient (Wildman–Crippen LogP) is 3.34. The molecule has 0 saturated carbocycles. The molecule has 0 aliphatic rings. The average Bonchev–Trinajstić information content (AvgIpc) is 2.96. The minimum atomic E-state index is -0.204. The Morgan fingerprint density at radius 3 is 2.68 bits per heavy atom. The summed E-state index contributed by atoms with van der Waals surface area (Å²) in [6, 6.07) is 7.90. The Morgan fingerprint density at radius 1 is 1.40 bits per heavy atom. The van der Waals surface area contributed by atoms with Crippen molar-refractivity contribution in [1.82, 2.24) is 20.4 Å². The van der Waals surface area contributed by atoms with Crippen molar-refractivity contribution < 1.29 is 9.53 Å². The van der Waals surface area contributed by atoms with Crippen molar-refractivity contribution in [1.29, 1.82) is 0 Å². The van der Waals surface area contributed by atoms with Crippen molar-refractivity contribution in [2.45, 2.75) is 25.8 Å². The minimum Gasteiger partial charge on any atom is -0.497 e. The van der Waals surface area contributed by atoms with Crippen LogP contribution in [0.5, 0.6) is 5.75 Å². The molecule has 1 aromatic carbocycles. The fourth-order valence-electron chi connectivity index (χ4n) is 2.60.